The van der Waals surface area contributed by atoms with Crippen LogP contribution in [-0.4, -0.2) is 37.9 Å². The number of para-hydroxylation sites is 4. The molecule has 0 atom stereocenters. The Hall–Kier alpha value is -2.49. The van der Waals surface area contributed by atoms with Gasteiger partial charge in [-0.15, -0.1) is 0 Å². The van der Waals surface area contributed by atoms with Crippen LogP contribution in [0.25, 0.3) is 0 Å². The average Bonchev–Trinajstić information content (AvgIpc) is 2.35. The molecule has 0 spiro atoms. The first-order valence-corrected chi connectivity index (χ1v) is 6.64. The molecule has 0 aromatic heterocycles. The minimum atomic E-state index is -4.67. The zero-order chi connectivity index (χ0) is 16.5. The quantitative estimate of drug-likeness (QED) is 0.315. The lowest BCUT2D eigenvalue weighted by Gasteiger charge is -1.91. The van der Waals surface area contributed by atoms with Gasteiger partial charge in [-0.05, 0) is 24.3 Å². The molecule has 0 aliphatic heterocycles. The van der Waals surface area contributed by atoms with E-state index in [2.05, 4.69) is 0 Å². The van der Waals surface area contributed by atoms with E-state index in [0.29, 0.717) is 0 Å². The van der Waals surface area contributed by atoms with Gasteiger partial charge in [-0.25, -0.2) is 0 Å². The van der Waals surface area contributed by atoms with Gasteiger partial charge in [0.05, 0.1) is 0 Å². The molecule has 0 saturated carbocycles. The van der Waals surface area contributed by atoms with Crippen LogP contribution >= 0.6 is 0 Å². The van der Waals surface area contributed by atoms with Crippen molar-refractivity contribution in [2.45, 2.75) is 0 Å². The fourth-order valence-corrected chi connectivity index (χ4v) is 0.928. The van der Waals surface area contributed by atoms with Gasteiger partial charge >= 0.3 is 10.4 Å². The van der Waals surface area contributed by atoms with Crippen LogP contribution in [0.1, 0.15) is 0 Å². The highest BCUT2D eigenvalue weighted by Crippen LogP contribution is 2.21. The molecule has 0 bridgehead atoms. The molecule has 2 rings (SSSR count). The maximum Gasteiger partial charge on any atom is 0.394 e. The first-order chi connectivity index (χ1) is 9.61. The second kappa shape index (κ2) is 8.64. The predicted molar refractivity (Wildman–Crippen MR) is 73.7 cm³/mol. The summed E-state index contributed by atoms with van der Waals surface area (Å²) in [6.07, 6.45) is 0. The van der Waals surface area contributed by atoms with Gasteiger partial charge < -0.3 is 20.4 Å². The highest BCUT2D eigenvalue weighted by molar-refractivity contribution is 7.79. The summed E-state index contributed by atoms with van der Waals surface area (Å²) in [5.74, 6) is -0.306. The summed E-state index contributed by atoms with van der Waals surface area (Å²) < 4.78 is 31.6. The van der Waals surface area contributed by atoms with E-state index >= 15 is 0 Å². The van der Waals surface area contributed by atoms with Crippen molar-refractivity contribution < 1.29 is 37.9 Å². The smallest absolute Gasteiger partial charge is 0.394 e. The summed E-state index contributed by atoms with van der Waals surface area (Å²) in [6, 6.07) is 12.3. The molecule has 0 fully saturated rings. The van der Waals surface area contributed by atoms with Crippen molar-refractivity contribution in [3.05, 3.63) is 48.5 Å². The van der Waals surface area contributed by atoms with Crippen LogP contribution < -0.4 is 0 Å². The second-order valence-corrected chi connectivity index (χ2v) is 4.32. The Balaban J connectivity index is 0.000000296. The van der Waals surface area contributed by atoms with Crippen molar-refractivity contribution in [3.8, 4) is 23.0 Å². The Kier molecular flexibility index (Phi) is 7.61. The first-order valence-electron chi connectivity index (χ1n) is 5.25. The SMILES string of the molecule is O=S(=O)(O)O.Oc1ccccc1O.Oc1ccccc1O. The molecule has 0 aliphatic rings. The van der Waals surface area contributed by atoms with Crippen molar-refractivity contribution in [2.24, 2.45) is 0 Å². The van der Waals surface area contributed by atoms with Gasteiger partial charge in [-0.1, -0.05) is 24.3 Å². The topological polar surface area (TPSA) is 156 Å². The zero-order valence-electron chi connectivity index (χ0n) is 10.5. The molecular formula is C12H14O8S. The summed E-state index contributed by atoms with van der Waals surface area (Å²) in [7, 11) is -4.67. The summed E-state index contributed by atoms with van der Waals surface area (Å²) in [4.78, 5) is 0. The summed E-state index contributed by atoms with van der Waals surface area (Å²) in [5, 5.41) is 34.7. The highest BCUT2D eigenvalue weighted by Gasteiger charge is 1.91. The van der Waals surface area contributed by atoms with Crippen molar-refractivity contribution in [2.75, 3.05) is 0 Å². The molecule has 0 saturated heterocycles. The molecule has 9 heteroatoms. The monoisotopic (exact) mass is 318 g/mol. The molecule has 0 unspecified atom stereocenters. The first kappa shape index (κ1) is 18.5. The minimum Gasteiger partial charge on any atom is -0.504 e. The number of aromatic hydroxyl groups is 4. The maximum atomic E-state index is 8.74. The number of hydrogen-bond donors (Lipinski definition) is 6. The van der Waals surface area contributed by atoms with Crippen LogP contribution in [0.15, 0.2) is 48.5 Å². The van der Waals surface area contributed by atoms with E-state index in [-0.39, 0.29) is 23.0 Å². The van der Waals surface area contributed by atoms with Crippen LogP contribution in [-0.2, 0) is 10.4 Å². The van der Waals surface area contributed by atoms with Crippen LogP contribution in [0, 0.1) is 0 Å². The van der Waals surface area contributed by atoms with E-state index in [0.717, 1.165) is 0 Å². The molecule has 116 valence electrons. The van der Waals surface area contributed by atoms with Crippen molar-refractivity contribution in [1.82, 2.24) is 0 Å². The summed E-state index contributed by atoms with van der Waals surface area (Å²) >= 11 is 0. The van der Waals surface area contributed by atoms with Gasteiger partial charge in [-0.3, -0.25) is 9.11 Å². The Morgan fingerprint density at radius 2 is 0.714 bits per heavy atom. The lowest BCUT2D eigenvalue weighted by atomic mass is 10.3. The van der Waals surface area contributed by atoms with Gasteiger partial charge in [0, 0.05) is 0 Å². The van der Waals surface area contributed by atoms with Crippen molar-refractivity contribution in [3.63, 3.8) is 0 Å². The third-order valence-corrected chi connectivity index (χ3v) is 1.76. The van der Waals surface area contributed by atoms with Crippen LogP contribution in [0.3, 0.4) is 0 Å². The second-order valence-electron chi connectivity index (χ2n) is 3.43. The average molecular weight is 318 g/mol. The number of benzene rings is 2. The van der Waals surface area contributed by atoms with Gasteiger partial charge in [0.15, 0.2) is 23.0 Å². The number of rotatable bonds is 0. The molecule has 0 heterocycles. The van der Waals surface area contributed by atoms with Gasteiger partial charge in [0.1, 0.15) is 0 Å². The fourth-order valence-electron chi connectivity index (χ4n) is 0.928. The molecule has 2 aromatic carbocycles. The Morgan fingerprint density at radius 1 is 0.571 bits per heavy atom. The summed E-state index contributed by atoms with van der Waals surface area (Å²) in [5.41, 5.74) is 0. The van der Waals surface area contributed by atoms with Crippen molar-refractivity contribution >= 4 is 10.4 Å². The minimum absolute atomic E-state index is 0.0764. The van der Waals surface area contributed by atoms with E-state index in [1.54, 1.807) is 24.3 Å². The van der Waals surface area contributed by atoms with E-state index < -0.39 is 10.4 Å². The van der Waals surface area contributed by atoms with Crippen LogP contribution in [0.2, 0.25) is 0 Å². The van der Waals surface area contributed by atoms with E-state index in [1.807, 2.05) is 0 Å². The fraction of sp³-hybridized carbons (Fsp3) is 0. The third-order valence-electron chi connectivity index (χ3n) is 1.76. The van der Waals surface area contributed by atoms with Crippen LogP contribution in [0.4, 0.5) is 0 Å². The number of phenolic OH excluding ortho intramolecular Hbond substituents is 4. The van der Waals surface area contributed by atoms with Crippen LogP contribution in [0.5, 0.6) is 23.0 Å². The van der Waals surface area contributed by atoms with Crippen molar-refractivity contribution in [1.29, 1.82) is 0 Å². The predicted octanol–water partition coefficient (Wildman–Crippen LogP) is 1.54. The molecule has 0 amide bonds. The lowest BCUT2D eigenvalue weighted by molar-refractivity contribution is 0.381. The molecular weight excluding hydrogens is 304 g/mol. The van der Waals surface area contributed by atoms with Gasteiger partial charge in [0.2, 0.25) is 0 Å². The Morgan fingerprint density at radius 3 is 0.810 bits per heavy atom. The third kappa shape index (κ3) is 11.1. The molecule has 0 radical (unpaired) electrons. The maximum absolute atomic E-state index is 8.74. The van der Waals surface area contributed by atoms with E-state index in [9.17, 15) is 0 Å². The van der Waals surface area contributed by atoms with Gasteiger partial charge in [-0.2, -0.15) is 8.42 Å². The summed E-state index contributed by atoms with van der Waals surface area (Å²) in [6.45, 7) is 0. The molecule has 21 heavy (non-hydrogen) atoms. The zero-order valence-corrected chi connectivity index (χ0v) is 11.3. The standard InChI is InChI=1S/2C6H6O2.H2O4S/c2*7-5-3-1-2-4-6(5)8;1-5(2,3)4/h2*1-4,7-8H;(H2,1,2,3,4). The molecule has 0 aliphatic carbocycles. The molecule has 6 N–H and O–H groups in total. The molecule has 8 nitrogen and oxygen atoms in total. The highest BCUT2D eigenvalue weighted by atomic mass is 32.3. The molecule has 2 aromatic rings. The van der Waals surface area contributed by atoms with E-state index in [4.69, 9.17) is 37.9 Å². The van der Waals surface area contributed by atoms with E-state index in [1.165, 1.54) is 24.3 Å². The largest absolute Gasteiger partial charge is 0.504 e. The Bertz CT molecular complexity index is 560. The number of hydrogen-bond acceptors (Lipinski definition) is 6. The van der Waals surface area contributed by atoms with Gasteiger partial charge in [0.25, 0.3) is 0 Å². The Labute approximate surface area is 120 Å². The number of phenols is 4. The lowest BCUT2D eigenvalue weighted by Crippen LogP contribution is -1.89. The normalized spacial score (nSPS) is 9.62.